The average Bonchev–Trinajstić information content (AvgIpc) is 2.28. The highest BCUT2D eigenvalue weighted by Gasteiger charge is 2.29. The summed E-state index contributed by atoms with van der Waals surface area (Å²) in [6, 6.07) is 5.22. The maximum Gasteiger partial charge on any atom is 0.355 e. The van der Waals surface area contributed by atoms with Gasteiger partial charge in [0.25, 0.3) is 10.0 Å². The molecule has 0 aliphatic rings. The minimum absolute atomic E-state index is 0.0507. The zero-order valence-corrected chi connectivity index (χ0v) is 11.0. The molecule has 2 N–H and O–H groups in total. The molecule has 19 heavy (non-hydrogen) atoms. The van der Waals surface area contributed by atoms with Crippen molar-refractivity contribution < 1.29 is 27.1 Å². The lowest BCUT2D eigenvalue weighted by Crippen LogP contribution is -2.28. The van der Waals surface area contributed by atoms with E-state index in [2.05, 4.69) is 0 Å². The molecule has 0 aliphatic heterocycles. The number of hydrogen-bond acceptors (Lipinski definition) is 3. The zero-order valence-electron chi connectivity index (χ0n) is 10.2. The Hall–Kier alpha value is -1.70. The quantitative estimate of drug-likeness (QED) is 0.870. The van der Waals surface area contributed by atoms with Gasteiger partial charge in [0.15, 0.2) is 0 Å². The first-order chi connectivity index (χ1) is 8.57. The highest BCUT2D eigenvalue weighted by molar-refractivity contribution is 7.93. The summed E-state index contributed by atoms with van der Waals surface area (Å²) >= 11 is 0. The van der Waals surface area contributed by atoms with E-state index < -0.39 is 27.2 Å². The van der Waals surface area contributed by atoms with Crippen LogP contribution in [0, 0.1) is 0 Å². The van der Waals surface area contributed by atoms with E-state index in [1.54, 1.807) is 4.72 Å². The van der Waals surface area contributed by atoms with Crippen LogP contribution in [0.15, 0.2) is 24.3 Å². The summed E-state index contributed by atoms with van der Waals surface area (Å²) in [7, 11) is -4.72. The first-order valence-corrected chi connectivity index (χ1v) is 6.76. The topological polar surface area (TPSA) is 83.5 Å². The van der Waals surface area contributed by atoms with Gasteiger partial charge in [0.05, 0.1) is 5.41 Å². The van der Waals surface area contributed by atoms with Gasteiger partial charge >= 0.3 is 11.7 Å². The van der Waals surface area contributed by atoms with Crippen molar-refractivity contribution in [1.29, 1.82) is 0 Å². The van der Waals surface area contributed by atoms with Crippen molar-refractivity contribution in [2.45, 2.75) is 25.0 Å². The van der Waals surface area contributed by atoms with Gasteiger partial charge in [-0.15, -0.1) is 0 Å². The number of sulfonamides is 1. The molecule has 0 aromatic heterocycles. The molecule has 0 unspecified atom stereocenters. The molecule has 0 bridgehead atoms. The summed E-state index contributed by atoms with van der Waals surface area (Å²) in [5.74, 6) is -4.57. The molecule has 0 aliphatic carbocycles. The number of rotatable bonds is 5. The van der Waals surface area contributed by atoms with Crippen LogP contribution in [-0.2, 0) is 20.2 Å². The molecule has 1 aromatic carbocycles. The van der Waals surface area contributed by atoms with Crippen molar-refractivity contribution in [3.63, 3.8) is 0 Å². The average molecular weight is 293 g/mol. The number of halogens is 2. The Morgan fingerprint density at radius 1 is 1.26 bits per heavy atom. The molecular weight excluding hydrogens is 280 g/mol. The van der Waals surface area contributed by atoms with E-state index in [0.717, 1.165) is 0 Å². The number of carboxylic acids is 1. The van der Waals surface area contributed by atoms with Crippen LogP contribution in [0.25, 0.3) is 0 Å². The van der Waals surface area contributed by atoms with E-state index in [-0.39, 0.29) is 5.69 Å². The Balaban J connectivity index is 2.99. The van der Waals surface area contributed by atoms with Gasteiger partial charge in [-0.2, -0.15) is 8.78 Å². The summed E-state index contributed by atoms with van der Waals surface area (Å²) in [5, 5.41) is 9.01. The molecule has 0 amide bonds. The van der Waals surface area contributed by atoms with E-state index in [1.165, 1.54) is 38.1 Å². The van der Waals surface area contributed by atoms with Gasteiger partial charge in [-0.1, -0.05) is 12.1 Å². The Kier molecular flexibility index (Phi) is 4.14. The van der Waals surface area contributed by atoms with Crippen LogP contribution in [-0.4, -0.2) is 25.3 Å². The fraction of sp³-hybridized carbons (Fsp3) is 0.364. The van der Waals surface area contributed by atoms with Gasteiger partial charge in [-0.3, -0.25) is 9.52 Å². The SMILES string of the molecule is CC(C)(C(=O)O)c1ccc(NS(=O)(=O)C(F)F)cc1. The minimum atomic E-state index is -4.72. The Morgan fingerprint density at radius 3 is 2.11 bits per heavy atom. The lowest BCUT2D eigenvalue weighted by molar-refractivity contribution is -0.142. The normalized spacial score (nSPS) is 12.5. The Morgan fingerprint density at radius 2 is 1.74 bits per heavy atom. The summed E-state index contributed by atoms with van der Waals surface area (Å²) in [6.07, 6.45) is 0. The molecule has 0 spiro atoms. The standard InChI is InChI=1S/C11H13F2NO4S/c1-11(2,9(15)16)7-3-5-8(6-4-7)14-19(17,18)10(12)13/h3-6,10,14H,1-2H3,(H,15,16). The van der Waals surface area contributed by atoms with Gasteiger partial charge in [-0.25, -0.2) is 8.42 Å². The van der Waals surface area contributed by atoms with Crippen LogP contribution in [0.5, 0.6) is 0 Å². The number of benzene rings is 1. The molecule has 8 heteroatoms. The minimum Gasteiger partial charge on any atom is -0.481 e. The van der Waals surface area contributed by atoms with Crippen LogP contribution in [0.1, 0.15) is 19.4 Å². The predicted octanol–water partition coefficient (Wildman–Crippen LogP) is 2.01. The number of alkyl halides is 2. The fourth-order valence-corrected chi connectivity index (χ4v) is 1.84. The summed E-state index contributed by atoms with van der Waals surface area (Å²) in [4.78, 5) is 11.0. The molecule has 0 heterocycles. The molecule has 1 aromatic rings. The van der Waals surface area contributed by atoms with E-state index in [0.29, 0.717) is 5.56 Å². The third-order valence-electron chi connectivity index (χ3n) is 2.64. The second-order valence-electron chi connectivity index (χ2n) is 4.42. The number of aliphatic carboxylic acids is 1. The van der Waals surface area contributed by atoms with Crippen molar-refractivity contribution in [3.8, 4) is 0 Å². The van der Waals surface area contributed by atoms with Crippen molar-refractivity contribution in [3.05, 3.63) is 29.8 Å². The number of hydrogen-bond donors (Lipinski definition) is 2. The smallest absolute Gasteiger partial charge is 0.355 e. The molecule has 0 fully saturated rings. The maximum atomic E-state index is 12.1. The maximum absolute atomic E-state index is 12.1. The largest absolute Gasteiger partial charge is 0.481 e. The summed E-state index contributed by atoms with van der Waals surface area (Å²) in [6.45, 7) is 2.96. The lowest BCUT2D eigenvalue weighted by Gasteiger charge is -2.20. The zero-order chi connectivity index (χ0) is 14.8. The molecule has 0 atom stereocenters. The summed E-state index contributed by atoms with van der Waals surface area (Å²) in [5.41, 5.74) is -0.773. The lowest BCUT2D eigenvalue weighted by atomic mass is 9.85. The Bertz CT molecular complexity index is 567. The monoisotopic (exact) mass is 293 g/mol. The van der Waals surface area contributed by atoms with E-state index >= 15 is 0 Å². The molecular formula is C11H13F2NO4S. The second kappa shape index (κ2) is 5.12. The molecule has 0 saturated carbocycles. The highest BCUT2D eigenvalue weighted by Crippen LogP contribution is 2.25. The molecule has 1 rings (SSSR count). The van der Waals surface area contributed by atoms with Gasteiger partial charge in [0.1, 0.15) is 0 Å². The molecule has 0 saturated heterocycles. The van der Waals surface area contributed by atoms with Crippen LogP contribution < -0.4 is 4.72 Å². The van der Waals surface area contributed by atoms with Crippen molar-refractivity contribution in [2.24, 2.45) is 0 Å². The molecule has 0 radical (unpaired) electrons. The number of carbonyl (C=O) groups is 1. The second-order valence-corrected chi connectivity index (χ2v) is 6.07. The van der Waals surface area contributed by atoms with Crippen molar-refractivity contribution >= 4 is 21.7 Å². The summed E-state index contributed by atoms with van der Waals surface area (Å²) < 4.78 is 47.9. The van der Waals surface area contributed by atoms with Crippen LogP contribution in [0.4, 0.5) is 14.5 Å². The number of nitrogens with one attached hydrogen (secondary N) is 1. The van der Waals surface area contributed by atoms with Gasteiger partial charge in [0.2, 0.25) is 0 Å². The van der Waals surface area contributed by atoms with Crippen LogP contribution >= 0.6 is 0 Å². The predicted molar refractivity (Wildman–Crippen MR) is 65.7 cm³/mol. The molecule has 106 valence electrons. The van der Waals surface area contributed by atoms with Gasteiger partial charge in [-0.05, 0) is 31.5 Å². The first kappa shape index (κ1) is 15.4. The third-order valence-corrected chi connectivity index (χ3v) is 3.63. The number of carboxylic acid groups (broad SMARTS) is 1. The van der Waals surface area contributed by atoms with Crippen LogP contribution in [0.2, 0.25) is 0 Å². The van der Waals surface area contributed by atoms with E-state index in [1.807, 2.05) is 0 Å². The van der Waals surface area contributed by atoms with Crippen molar-refractivity contribution in [1.82, 2.24) is 0 Å². The van der Waals surface area contributed by atoms with Gasteiger partial charge < -0.3 is 5.11 Å². The van der Waals surface area contributed by atoms with E-state index in [9.17, 15) is 22.0 Å². The van der Waals surface area contributed by atoms with Crippen LogP contribution in [0.3, 0.4) is 0 Å². The van der Waals surface area contributed by atoms with E-state index in [4.69, 9.17) is 5.11 Å². The van der Waals surface area contributed by atoms with Crippen molar-refractivity contribution in [2.75, 3.05) is 4.72 Å². The fourth-order valence-electron chi connectivity index (χ4n) is 1.29. The van der Waals surface area contributed by atoms with Gasteiger partial charge in [0, 0.05) is 5.69 Å². The molecule has 5 nitrogen and oxygen atoms in total. The third kappa shape index (κ3) is 3.40. The highest BCUT2D eigenvalue weighted by atomic mass is 32.2. The number of anilines is 1. The first-order valence-electron chi connectivity index (χ1n) is 5.21. The Labute approximate surface area is 109 Å².